The van der Waals surface area contributed by atoms with E-state index in [2.05, 4.69) is 0 Å². The van der Waals surface area contributed by atoms with Crippen LogP contribution >= 0.6 is 11.6 Å². The van der Waals surface area contributed by atoms with Gasteiger partial charge >= 0.3 is 0 Å². The smallest absolute Gasteiger partial charge is 0.256 e. The first-order valence-corrected chi connectivity index (χ1v) is 5.71. The standard InChI is InChI=1S/C12H15ClFNO3/c1-15(6-9(16)7-18-2)12(17)10-5-8(13)3-4-11(10)14/h3-5,9,16H,6-7H2,1-2H3. The second-order valence-electron chi connectivity index (χ2n) is 3.92. The fourth-order valence-corrected chi connectivity index (χ4v) is 1.68. The molecule has 0 saturated heterocycles. The molecule has 0 bridgehead atoms. The van der Waals surface area contributed by atoms with E-state index >= 15 is 0 Å². The molecule has 0 aliphatic rings. The lowest BCUT2D eigenvalue weighted by Crippen LogP contribution is -2.36. The summed E-state index contributed by atoms with van der Waals surface area (Å²) in [6, 6.07) is 3.76. The molecular formula is C12H15ClFNO3. The van der Waals surface area contributed by atoms with Crippen LogP contribution in [0.3, 0.4) is 0 Å². The number of amides is 1. The second-order valence-corrected chi connectivity index (χ2v) is 4.36. The van der Waals surface area contributed by atoms with Crippen LogP contribution in [0.5, 0.6) is 0 Å². The van der Waals surface area contributed by atoms with Gasteiger partial charge in [-0.3, -0.25) is 4.79 Å². The second kappa shape index (κ2) is 6.68. The van der Waals surface area contributed by atoms with E-state index < -0.39 is 17.8 Å². The molecule has 0 spiro atoms. The average Bonchev–Trinajstić information content (AvgIpc) is 2.31. The molecular weight excluding hydrogens is 261 g/mol. The number of rotatable bonds is 5. The number of benzene rings is 1. The first-order valence-electron chi connectivity index (χ1n) is 5.33. The van der Waals surface area contributed by atoms with Crippen molar-refractivity contribution in [3.05, 3.63) is 34.6 Å². The van der Waals surface area contributed by atoms with Gasteiger partial charge in [0, 0.05) is 25.7 Å². The number of methoxy groups -OCH3 is 1. The molecule has 0 radical (unpaired) electrons. The number of carbonyl (C=O) groups excluding carboxylic acids is 1. The number of aliphatic hydroxyl groups is 1. The van der Waals surface area contributed by atoms with E-state index in [1.165, 1.54) is 31.2 Å². The van der Waals surface area contributed by atoms with Crippen LogP contribution < -0.4 is 0 Å². The minimum atomic E-state index is -0.814. The summed E-state index contributed by atoms with van der Waals surface area (Å²) >= 11 is 5.71. The number of hydrogen-bond acceptors (Lipinski definition) is 3. The zero-order chi connectivity index (χ0) is 13.7. The third-order valence-corrected chi connectivity index (χ3v) is 2.58. The first-order chi connectivity index (χ1) is 8.45. The van der Waals surface area contributed by atoms with E-state index in [9.17, 15) is 14.3 Å². The fraction of sp³-hybridized carbons (Fsp3) is 0.417. The highest BCUT2D eigenvalue weighted by Crippen LogP contribution is 2.16. The molecule has 0 aliphatic carbocycles. The highest BCUT2D eigenvalue weighted by atomic mass is 35.5. The maximum absolute atomic E-state index is 13.5. The van der Waals surface area contributed by atoms with E-state index in [0.29, 0.717) is 0 Å². The van der Waals surface area contributed by atoms with Gasteiger partial charge < -0.3 is 14.7 Å². The number of likely N-dealkylation sites (N-methyl/N-ethyl adjacent to an activating group) is 1. The minimum absolute atomic E-state index is 0.0542. The number of halogens is 2. The highest BCUT2D eigenvalue weighted by Gasteiger charge is 2.18. The summed E-state index contributed by atoms with van der Waals surface area (Å²) in [4.78, 5) is 13.2. The quantitative estimate of drug-likeness (QED) is 0.887. The van der Waals surface area contributed by atoms with Gasteiger partial charge in [-0.1, -0.05) is 11.6 Å². The molecule has 1 amide bonds. The van der Waals surface area contributed by atoms with Gasteiger partial charge in [-0.05, 0) is 18.2 Å². The molecule has 1 rings (SSSR count). The fourth-order valence-electron chi connectivity index (χ4n) is 1.51. The van der Waals surface area contributed by atoms with Gasteiger partial charge in [-0.25, -0.2) is 4.39 Å². The zero-order valence-electron chi connectivity index (χ0n) is 10.2. The van der Waals surface area contributed by atoms with Crippen molar-refractivity contribution in [1.29, 1.82) is 0 Å². The van der Waals surface area contributed by atoms with Crippen molar-refractivity contribution >= 4 is 17.5 Å². The van der Waals surface area contributed by atoms with E-state index in [1.54, 1.807) is 0 Å². The normalized spacial score (nSPS) is 12.3. The Morgan fingerprint density at radius 2 is 2.28 bits per heavy atom. The molecule has 18 heavy (non-hydrogen) atoms. The molecule has 0 heterocycles. The molecule has 0 fully saturated rings. The number of nitrogens with zero attached hydrogens (tertiary/aromatic N) is 1. The third-order valence-electron chi connectivity index (χ3n) is 2.35. The molecule has 4 nitrogen and oxygen atoms in total. The Kier molecular flexibility index (Phi) is 5.53. The van der Waals surface area contributed by atoms with Crippen molar-refractivity contribution in [2.45, 2.75) is 6.10 Å². The van der Waals surface area contributed by atoms with Crippen molar-refractivity contribution in [1.82, 2.24) is 4.90 Å². The molecule has 1 N–H and O–H groups in total. The highest BCUT2D eigenvalue weighted by molar-refractivity contribution is 6.30. The maximum atomic E-state index is 13.5. The summed E-state index contributed by atoms with van der Waals surface area (Å²) < 4.78 is 18.2. The Morgan fingerprint density at radius 1 is 1.61 bits per heavy atom. The van der Waals surface area contributed by atoms with Crippen molar-refractivity contribution in [2.24, 2.45) is 0 Å². The SMILES string of the molecule is COCC(O)CN(C)C(=O)c1cc(Cl)ccc1F. The Morgan fingerprint density at radius 3 is 2.89 bits per heavy atom. The van der Waals surface area contributed by atoms with Crippen LogP contribution in [-0.2, 0) is 4.74 Å². The molecule has 6 heteroatoms. The number of aliphatic hydroxyl groups excluding tert-OH is 1. The van der Waals surface area contributed by atoms with Crippen LogP contribution in [0.2, 0.25) is 5.02 Å². The summed E-state index contributed by atoms with van der Waals surface area (Å²) in [6.07, 6.45) is -0.814. The van der Waals surface area contributed by atoms with E-state index in [4.69, 9.17) is 16.3 Å². The summed E-state index contributed by atoms with van der Waals surface area (Å²) in [5, 5.41) is 9.78. The Hall–Kier alpha value is -1.17. The van der Waals surface area contributed by atoms with Crippen molar-refractivity contribution in [2.75, 3.05) is 27.3 Å². The molecule has 100 valence electrons. The van der Waals surface area contributed by atoms with Crippen molar-refractivity contribution in [3.8, 4) is 0 Å². The lowest BCUT2D eigenvalue weighted by Gasteiger charge is -2.20. The van der Waals surface area contributed by atoms with E-state index in [-0.39, 0.29) is 23.7 Å². The van der Waals surface area contributed by atoms with Crippen LogP contribution in [0.4, 0.5) is 4.39 Å². The summed E-state index contributed by atoms with van der Waals surface area (Å²) in [6.45, 7) is 0.161. The molecule has 0 saturated carbocycles. The summed E-state index contributed by atoms with van der Waals surface area (Å²) in [7, 11) is 2.92. The van der Waals surface area contributed by atoms with Gasteiger partial charge in [0.15, 0.2) is 0 Å². The Labute approximate surface area is 110 Å². The maximum Gasteiger partial charge on any atom is 0.256 e. The van der Waals surface area contributed by atoms with E-state index in [1.807, 2.05) is 0 Å². The first kappa shape index (κ1) is 14.9. The monoisotopic (exact) mass is 275 g/mol. The van der Waals surface area contributed by atoms with Gasteiger partial charge in [-0.2, -0.15) is 0 Å². The van der Waals surface area contributed by atoms with Crippen LogP contribution in [0.1, 0.15) is 10.4 Å². The van der Waals surface area contributed by atoms with Crippen molar-refractivity contribution in [3.63, 3.8) is 0 Å². The van der Waals surface area contributed by atoms with Gasteiger partial charge in [0.05, 0.1) is 18.3 Å². The molecule has 1 aromatic rings. The Bertz CT molecular complexity index is 428. The lowest BCUT2D eigenvalue weighted by molar-refractivity contribution is 0.0378. The Balaban J connectivity index is 2.77. The van der Waals surface area contributed by atoms with E-state index in [0.717, 1.165) is 6.07 Å². The zero-order valence-corrected chi connectivity index (χ0v) is 10.9. The van der Waals surface area contributed by atoms with Gasteiger partial charge in [0.25, 0.3) is 5.91 Å². The summed E-state index contributed by atoms with van der Waals surface area (Å²) in [5.74, 6) is -1.18. The van der Waals surface area contributed by atoms with Gasteiger partial charge in [0.1, 0.15) is 5.82 Å². The largest absolute Gasteiger partial charge is 0.389 e. The van der Waals surface area contributed by atoms with Gasteiger partial charge in [-0.15, -0.1) is 0 Å². The molecule has 0 aliphatic heterocycles. The predicted octanol–water partition coefficient (Wildman–Crippen LogP) is 1.56. The molecule has 0 aromatic heterocycles. The third kappa shape index (κ3) is 3.94. The van der Waals surface area contributed by atoms with Crippen LogP contribution in [0.25, 0.3) is 0 Å². The molecule has 1 aromatic carbocycles. The summed E-state index contributed by atoms with van der Waals surface area (Å²) in [5.41, 5.74) is -0.116. The molecule has 1 atom stereocenters. The van der Waals surface area contributed by atoms with Gasteiger partial charge in [0.2, 0.25) is 0 Å². The topological polar surface area (TPSA) is 49.8 Å². The number of ether oxygens (including phenoxy) is 1. The minimum Gasteiger partial charge on any atom is -0.389 e. The number of carbonyl (C=O) groups is 1. The lowest BCUT2D eigenvalue weighted by atomic mass is 10.2. The number of hydrogen-bond donors (Lipinski definition) is 1. The predicted molar refractivity (Wildman–Crippen MR) is 66.3 cm³/mol. The average molecular weight is 276 g/mol. The van der Waals surface area contributed by atoms with Crippen molar-refractivity contribution < 1.29 is 19.0 Å². The van der Waals surface area contributed by atoms with Crippen LogP contribution in [0, 0.1) is 5.82 Å². The molecule has 1 unspecified atom stereocenters. The van der Waals surface area contributed by atoms with Crippen LogP contribution in [0.15, 0.2) is 18.2 Å². The van der Waals surface area contributed by atoms with Crippen LogP contribution in [-0.4, -0.2) is 49.3 Å².